The maximum absolute atomic E-state index is 10.6. The number of alkyl halides is 1. The van der Waals surface area contributed by atoms with E-state index in [9.17, 15) is 4.79 Å². The SMILES string of the molecule is C=C1CCC(CC(=O)O)[C@@]1(C)CBr. The summed E-state index contributed by atoms with van der Waals surface area (Å²) in [6, 6.07) is 0. The lowest BCUT2D eigenvalue weighted by Crippen LogP contribution is -2.26. The van der Waals surface area contributed by atoms with Crippen molar-refractivity contribution >= 4 is 21.9 Å². The van der Waals surface area contributed by atoms with E-state index in [1.165, 1.54) is 5.57 Å². The minimum Gasteiger partial charge on any atom is -0.481 e. The van der Waals surface area contributed by atoms with Crippen molar-refractivity contribution in [3.8, 4) is 0 Å². The molecule has 1 aliphatic carbocycles. The third kappa shape index (κ3) is 1.96. The lowest BCUT2D eigenvalue weighted by Gasteiger charge is -2.29. The largest absolute Gasteiger partial charge is 0.481 e. The number of hydrogen-bond acceptors (Lipinski definition) is 1. The summed E-state index contributed by atoms with van der Waals surface area (Å²) >= 11 is 3.45. The van der Waals surface area contributed by atoms with Crippen LogP contribution >= 0.6 is 15.9 Å². The van der Waals surface area contributed by atoms with Crippen molar-refractivity contribution in [1.29, 1.82) is 0 Å². The molecule has 74 valence electrons. The van der Waals surface area contributed by atoms with Gasteiger partial charge in [-0.3, -0.25) is 4.79 Å². The van der Waals surface area contributed by atoms with Crippen LogP contribution in [-0.4, -0.2) is 16.4 Å². The van der Waals surface area contributed by atoms with Gasteiger partial charge in [0, 0.05) is 17.2 Å². The molecule has 0 radical (unpaired) electrons. The topological polar surface area (TPSA) is 37.3 Å². The number of aliphatic carboxylic acids is 1. The average molecular weight is 247 g/mol. The van der Waals surface area contributed by atoms with Crippen LogP contribution in [0.1, 0.15) is 26.2 Å². The summed E-state index contributed by atoms with van der Waals surface area (Å²) < 4.78 is 0. The summed E-state index contributed by atoms with van der Waals surface area (Å²) in [6.45, 7) is 6.11. The maximum Gasteiger partial charge on any atom is 0.303 e. The quantitative estimate of drug-likeness (QED) is 0.615. The van der Waals surface area contributed by atoms with Crippen LogP contribution in [0.25, 0.3) is 0 Å². The van der Waals surface area contributed by atoms with Gasteiger partial charge in [0.25, 0.3) is 0 Å². The molecule has 1 rings (SSSR count). The molecule has 0 heterocycles. The van der Waals surface area contributed by atoms with E-state index >= 15 is 0 Å². The third-order valence-corrected chi connectivity index (χ3v) is 4.37. The molecule has 0 spiro atoms. The number of carboxylic acids is 1. The maximum atomic E-state index is 10.6. The summed E-state index contributed by atoms with van der Waals surface area (Å²) in [7, 11) is 0. The number of carboxylic acid groups (broad SMARTS) is 1. The Bertz CT molecular complexity index is 237. The fourth-order valence-electron chi connectivity index (χ4n) is 1.98. The number of carbonyl (C=O) groups is 1. The summed E-state index contributed by atoms with van der Waals surface area (Å²) in [5.41, 5.74) is 1.17. The molecule has 0 aromatic rings. The van der Waals surface area contributed by atoms with Crippen LogP contribution in [0.2, 0.25) is 0 Å². The predicted octanol–water partition coefficient (Wildman–Crippen LogP) is 2.83. The Kier molecular flexibility index (Phi) is 3.17. The van der Waals surface area contributed by atoms with E-state index in [1.54, 1.807) is 0 Å². The van der Waals surface area contributed by atoms with Gasteiger partial charge in [0.05, 0.1) is 0 Å². The van der Waals surface area contributed by atoms with Crippen molar-refractivity contribution in [3.05, 3.63) is 12.2 Å². The van der Waals surface area contributed by atoms with Crippen molar-refractivity contribution in [1.82, 2.24) is 0 Å². The second-order valence-corrected chi connectivity index (χ2v) is 4.55. The zero-order valence-corrected chi connectivity index (χ0v) is 9.43. The first-order chi connectivity index (χ1) is 6.00. The highest BCUT2D eigenvalue weighted by Gasteiger charge is 2.41. The van der Waals surface area contributed by atoms with Crippen molar-refractivity contribution in [2.75, 3.05) is 5.33 Å². The number of allylic oxidation sites excluding steroid dienone is 1. The van der Waals surface area contributed by atoms with Gasteiger partial charge in [-0.15, -0.1) is 0 Å². The fourth-order valence-corrected chi connectivity index (χ4v) is 2.84. The number of rotatable bonds is 3. The monoisotopic (exact) mass is 246 g/mol. The Balaban J connectivity index is 2.75. The zero-order valence-electron chi connectivity index (χ0n) is 7.85. The van der Waals surface area contributed by atoms with E-state index in [2.05, 4.69) is 29.4 Å². The van der Waals surface area contributed by atoms with Crippen LogP contribution in [0.4, 0.5) is 0 Å². The first-order valence-electron chi connectivity index (χ1n) is 4.46. The molecule has 0 aliphatic heterocycles. The summed E-state index contributed by atoms with van der Waals surface area (Å²) in [5.74, 6) is -0.455. The van der Waals surface area contributed by atoms with Gasteiger partial charge in [0.2, 0.25) is 0 Å². The van der Waals surface area contributed by atoms with Gasteiger partial charge in [0.1, 0.15) is 0 Å². The van der Waals surface area contributed by atoms with Crippen LogP contribution in [0.5, 0.6) is 0 Å². The van der Waals surface area contributed by atoms with E-state index in [0.717, 1.165) is 18.2 Å². The van der Waals surface area contributed by atoms with E-state index in [0.29, 0.717) is 0 Å². The molecule has 13 heavy (non-hydrogen) atoms. The molecule has 0 aromatic carbocycles. The minimum atomic E-state index is -0.702. The molecular formula is C10H15BrO2. The first-order valence-corrected chi connectivity index (χ1v) is 5.59. The molecule has 2 nitrogen and oxygen atoms in total. The Labute approximate surface area is 87.2 Å². The van der Waals surface area contributed by atoms with Crippen molar-refractivity contribution in [3.63, 3.8) is 0 Å². The van der Waals surface area contributed by atoms with Gasteiger partial charge in [-0.1, -0.05) is 35.0 Å². The summed E-state index contributed by atoms with van der Waals surface area (Å²) in [5, 5.41) is 9.56. The molecule has 1 N–H and O–H groups in total. The Hall–Kier alpha value is -0.310. The normalized spacial score (nSPS) is 33.7. The molecule has 1 saturated carbocycles. The van der Waals surface area contributed by atoms with Crippen LogP contribution < -0.4 is 0 Å². The molecule has 0 amide bonds. The molecule has 2 atom stereocenters. The minimum absolute atomic E-state index is 0.0155. The van der Waals surface area contributed by atoms with E-state index in [-0.39, 0.29) is 17.8 Å². The Morgan fingerprint density at radius 1 is 1.85 bits per heavy atom. The van der Waals surface area contributed by atoms with Crippen LogP contribution in [0.15, 0.2) is 12.2 Å². The smallest absolute Gasteiger partial charge is 0.303 e. The van der Waals surface area contributed by atoms with Crippen LogP contribution in [0, 0.1) is 11.3 Å². The van der Waals surface area contributed by atoms with Gasteiger partial charge in [0.15, 0.2) is 0 Å². The molecule has 1 aliphatic rings. The summed E-state index contributed by atoms with van der Waals surface area (Å²) in [6.07, 6.45) is 2.20. The highest BCUT2D eigenvalue weighted by Crippen LogP contribution is 2.49. The standard InChI is InChI=1S/C10H15BrO2/c1-7-3-4-8(5-9(12)13)10(7,2)6-11/h8H,1,3-6H2,2H3,(H,12,13)/t8?,10-/m0/s1. The van der Waals surface area contributed by atoms with Gasteiger partial charge >= 0.3 is 5.97 Å². The number of hydrogen-bond donors (Lipinski definition) is 1. The van der Waals surface area contributed by atoms with E-state index < -0.39 is 5.97 Å². The Morgan fingerprint density at radius 2 is 2.46 bits per heavy atom. The highest BCUT2D eigenvalue weighted by atomic mass is 79.9. The molecule has 0 aromatic heterocycles. The summed E-state index contributed by atoms with van der Waals surface area (Å²) in [4.78, 5) is 10.6. The third-order valence-electron chi connectivity index (χ3n) is 3.20. The molecule has 1 fully saturated rings. The fraction of sp³-hybridized carbons (Fsp3) is 0.700. The van der Waals surface area contributed by atoms with Crippen molar-refractivity contribution in [2.45, 2.75) is 26.2 Å². The number of halogens is 1. The van der Waals surface area contributed by atoms with Gasteiger partial charge in [-0.05, 0) is 18.8 Å². The lowest BCUT2D eigenvalue weighted by atomic mass is 9.78. The van der Waals surface area contributed by atoms with Crippen molar-refractivity contribution in [2.24, 2.45) is 11.3 Å². The van der Waals surface area contributed by atoms with Crippen LogP contribution in [-0.2, 0) is 4.79 Å². The van der Waals surface area contributed by atoms with E-state index in [4.69, 9.17) is 5.11 Å². The predicted molar refractivity (Wildman–Crippen MR) is 56.0 cm³/mol. The lowest BCUT2D eigenvalue weighted by molar-refractivity contribution is -0.138. The molecular weight excluding hydrogens is 232 g/mol. The zero-order chi connectivity index (χ0) is 10.1. The van der Waals surface area contributed by atoms with Gasteiger partial charge in [-0.2, -0.15) is 0 Å². The van der Waals surface area contributed by atoms with Gasteiger partial charge < -0.3 is 5.11 Å². The molecule has 0 bridgehead atoms. The van der Waals surface area contributed by atoms with E-state index in [1.807, 2.05) is 0 Å². The van der Waals surface area contributed by atoms with Crippen molar-refractivity contribution < 1.29 is 9.90 Å². The average Bonchev–Trinajstić information content (AvgIpc) is 2.33. The highest BCUT2D eigenvalue weighted by molar-refractivity contribution is 9.09. The second kappa shape index (κ2) is 3.82. The second-order valence-electron chi connectivity index (χ2n) is 3.99. The molecule has 3 heteroatoms. The molecule has 0 saturated heterocycles. The molecule has 1 unspecified atom stereocenters. The Morgan fingerprint density at radius 3 is 2.92 bits per heavy atom. The first kappa shape index (κ1) is 10.8. The van der Waals surface area contributed by atoms with Crippen LogP contribution in [0.3, 0.4) is 0 Å². The van der Waals surface area contributed by atoms with Gasteiger partial charge in [-0.25, -0.2) is 0 Å².